The Morgan fingerprint density at radius 3 is 2.45 bits per heavy atom. The van der Waals surface area contributed by atoms with Gasteiger partial charge in [0.25, 0.3) is 0 Å². The van der Waals surface area contributed by atoms with Gasteiger partial charge in [-0.1, -0.05) is 41.6 Å². The minimum atomic E-state index is 0.224. The summed E-state index contributed by atoms with van der Waals surface area (Å²) in [7, 11) is 0. The van der Waals surface area contributed by atoms with Crippen molar-refractivity contribution in [1.29, 1.82) is 5.26 Å². The van der Waals surface area contributed by atoms with Crippen molar-refractivity contribution >= 4 is 29.3 Å². The van der Waals surface area contributed by atoms with Crippen LogP contribution in [0.2, 0.25) is 5.02 Å². The first-order valence-electron chi connectivity index (χ1n) is 11.1. The Bertz CT molecular complexity index is 1170. The first-order valence-corrected chi connectivity index (χ1v) is 11.5. The standard InChI is InChI=1S/C28H28ClN3O/c1-19(28(31)25-13-14-26(16-30)27(29)15-25)20(2)32-17-23-9-5-21(6-10-23)3-4-22-7-11-24(18-33)12-8-22/h5-6,9-10,13-15,18,22,24H,7-8,11-12,17,31H2,1-2H3/b28-19-,32-20?. The molecule has 2 aromatic carbocycles. The van der Waals surface area contributed by atoms with Crippen LogP contribution in [0.1, 0.15) is 61.8 Å². The SMILES string of the molecule is CC(=NCc1ccc(C#CC2CCC(C=O)CC2)cc1)/C(C)=C(\N)c1ccc(C#N)c(Cl)c1. The number of hydrogen-bond acceptors (Lipinski definition) is 4. The van der Waals surface area contributed by atoms with Crippen LogP contribution in [0.4, 0.5) is 0 Å². The quantitative estimate of drug-likeness (QED) is 0.344. The predicted molar refractivity (Wildman–Crippen MR) is 135 cm³/mol. The summed E-state index contributed by atoms with van der Waals surface area (Å²) in [5.41, 5.74) is 11.9. The lowest BCUT2D eigenvalue weighted by Crippen LogP contribution is -2.14. The molecule has 168 valence electrons. The van der Waals surface area contributed by atoms with Crippen LogP contribution in [0.15, 0.2) is 53.0 Å². The minimum absolute atomic E-state index is 0.224. The highest BCUT2D eigenvalue weighted by atomic mass is 35.5. The van der Waals surface area contributed by atoms with Crippen molar-refractivity contribution < 1.29 is 4.79 Å². The van der Waals surface area contributed by atoms with Crippen LogP contribution in [0.5, 0.6) is 0 Å². The molecule has 1 aliphatic carbocycles. The molecule has 0 bridgehead atoms. The number of nitrogens with zero attached hydrogens (tertiary/aromatic N) is 2. The van der Waals surface area contributed by atoms with Crippen molar-refractivity contribution in [1.82, 2.24) is 0 Å². The van der Waals surface area contributed by atoms with E-state index >= 15 is 0 Å². The third-order valence-corrected chi connectivity index (χ3v) is 6.50. The number of aliphatic imine (C=N–C) groups is 1. The molecule has 0 amide bonds. The van der Waals surface area contributed by atoms with Crippen LogP contribution < -0.4 is 5.73 Å². The number of aldehydes is 1. The molecule has 0 spiro atoms. The topological polar surface area (TPSA) is 79.2 Å². The second-order valence-electron chi connectivity index (χ2n) is 8.46. The number of allylic oxidation sites excluding steroid dienone is 1. The van der Waals surface area contributed by atoms with Crippen molar-refractivity contribution in [3.63, 3.8) is 0 Å². The van der Waals surface area contributed by atoms with E-state index in [1.807, 2.05) is 38.1 Å². The summed E-state index contributed by atoms with van der Waals surface area (Å²) in [5, 5.41) is 9.42. The lowest BCUT2D eigenvalue weighted by molar-refractivity contribution is -0.112. The van der Waals surface area contributed by atoms with E-state index < -0.39 is 0 Å². The Morgan fingerprint density at radius 2 is 1.85 bits per heavy atom. The molecule has 0 heterocycles. The van der Waals surface area contributed by atoms with Crippen LogP contribution in [-0.4, -0.2) is 12.0 Å². The van der Waals surface area contributed by atoms with Crippen molar-refractivity contribution in [2.75, 3.05) is 0 Å². The van der Waals surface area contributed by atoms with E-state index in [-0.39, 0.29) is 5.92 Å². The summed E-state index contributed by atoms with van der Waals surface area (Å²) in [4.78, 5) is 15.6. The third-order valence-electron chi connectivity index (χ3n) is 6.18. The summed E-state index contributed by atoms with van der Waals surface area (Å²) >= 11 is 6.14. The second kappa shape index (κ2) is 11.5. The van der Waals surface area contributed by atoms with Gasteiger partial charge in [0.15, 0.2) is 0 Å². The van der Waals surface area contributed by atoms with Gasteiger partial charge in [-0.2, -0.15) is 5.26 Å². The van der Waals surface area contributed by atoms with E-state index in [4.69, 9.17) is 27.6 Å². The number of hydrogen-bond donors (Lipinski definition) is 1. The van der Waals surface area contributed by atoms with Gasteiger partial charge in [0.05, 0.1) is 17.1 Å². The fourth-order valence-electron chi connectivity index (χ4n) is 3.79. The van der Waals surface area contributed by atoms with Gasteiger partial charge < -0.3 is 10.5 Å². The average Bonchev–Trinajstić information content (AvgIpc) is 2.86. The summed E-state index contributed by atoms with van der Waals surface area (Å²) in [6.45, 7) is 4.42. The van der Waals surface area contributed by atoms with Gasteiger partial charge in [0, 0.05) is 28.8 Å². The fourth-order valence-corrected chi connectivity index (χ4v) is 4.01. The number of carbonyl (C=O) groups excluding carboxylic acids is 1. The molecule has 1 saturated carbocycles. The lowest BCUT2D eigenvalue weighted by atomic mass is 9.83. The van der Waals surface area contributed by atoms with Gasteiger partial charge in [0.2, 0.25) is 0 Å². The van der Waals surface area contributed by atoms with Gasteiger partial charge >= 0.3 is 0 Å². The zero-order valence-corrected chi connectivity index (χ0v) is 19.8. The number of halogens is 1. The van der Waals surface area contributed by atoms with E-state index in [0.29, 0.717) is 28.7 Å². The van der Waals surface area contributed by atoms with Crippen molar-refractivity contribution in [3.05, 3.63) is 75.3 Å². The molecule has 3 rings (SSSR count). The summed E-state index contributed by atoms with van der Waals surface area (Å²) in [6.07, 6.45) is 5.01. The van der Waals surface area contributed by atoms with Crippen LogP contribution in [0, 0.1) is 35.0 Å². The van der Waals surface area contributed by atoms with Crippen molar-refractivity contribution in [2.24, 2.45) is 22.6 Å². The van der Waals surface area contributed by atoms with Gasteiger partial charge in [-0.3, -0.25) is 4.99 Å². The fraction of sp³-hybridized carbons (Fsp3) is 0.321. The van der Waals surface area contributed by atoms with Gasteiger partial charge in [-0.05, 0) is 80.5 Å². The molecule has 5 heteroatoms. The maximum Gasteiger partial charge on any atom is 0.123 e. The van der Waals surface area contributed by atoms with Gasteiger partial charge in [-0.15, -0.1) is 0 Å². The maximum absolute atomic E-state index is 10.9. The molecule has 0 radical (unpaired) electrons. The molecule has 0 atom stereocenters. The van der Waals surface area contributed by atoms with E-state index in [2.05, 4.69) is 17.9 Å². The molecule has 33 heavy (non-hydrogen) atoms. The zero-order chi connectivity index (χ0) is 23.8. The van der Waals surface area contributed by atoms with E-state index in [9.17, 15) is 4.79 Å². The lowest BCUT2D eigenvalue weighted by Gasteiger charge is -2.21. The predicted octanol–water partition coefficient (Wildman–Crippen LogP) is 5.92. The molecule has 0 unspecified atom stereocenters. The Labute approximate surface area is 201 Å². The highest BCUT2D eigenvalue weighted by molar-refractivity contribution is 6.31. The summed E-state index contributed by atoms with van der Waals surface area (Å²) in [6, 6.07) is 15.4. The molecule has 2 aromatic rings. The van der Waals surface area contributed by atoms with Crippen molar-refractivity contribution in [2.45, 2.75) is 46.1 Å². The largest absolute Gasteiger partial charge is 0.398 e. The first kappa shape index (κ1) is 24.3. The highest BCUT2D eigenvalue weighted by Gasteiger charge is 2.18. The molecule has 2 N–H and O–H groups in total. The Balaban J connectivity index is 1.63. The van der Waals surface area contributed by atoms with Crippen LogP contribution in [0.3, 0.4) is 0 Å². The summed E-state index contributed by atoms with van der Waals surface area (Å²) < 4.78 is 0. The van der Waals surface area contributed by atoms with Gasteiger partial charge in [0.1, 0.15) is 12.4 Å². The van der Waals surface area contributed by atoms with E-state index in [1.165, 1.54) is 0 Å². The molecule has 1 fully saturated rings. The van der Waals surface area contributed by atoms with Crippen LogP contribution in [-0.2, 0) is 11.3 Å². The molecule has 0 saturated heterocycles. The number of nitriles is 1. The molecule has 0 aliphatic heterocycles. The Morgan fingerprint density at radius 1 is 1.15 bits per heavy atom. The average molecular weight is 458 g/mol. The number of benzene rings is 2. The third kappa shape index (κ3) is 6.58. The smallest absolute Gasteiger partial charge is 0.123 e. The molecular weight excluding hydrogens is 430 g/mol. The first-order chi connectivity index (χ1) is 15.9. The van der Waals surface area contributed by atoms with Crippen molar-refractivity contribution in [3.8, 4) is 17.9 Å². The minimum Gasteiger partial charge on any atom is -0.398 e. The normalized spacial score (nSPS) is 19.0. The van der Waals surface area contributed by atoms with Gasteiger partial charge in [-0.25, -0.2) is 0 Å². The number of nitrogens with two attached hydrogens (primary N) is 1. The number of rotatable bonds is 5. The molecule has 4 nitrogen and oxygen atoms in total. The van der Waals surface area contributed by atoms with Crippen LogP contribution >= 0.6 is 11.6 Å². The van der Waals surface area contributed by atoms with Crippen LogP contribution in [0.25, 0.3) is 5.70 Å². The summed E-state index contributed by atoms with van der Waals surface area (Å²) in [5.74, 6) is 7.25. The molecule has 0 aromatic heterocycles. The molecule has 1 aliphatic rings. The monoisotopic (exact) mass is 457 g/mol. The Hall–Kier alpha value is -3.34. The zero-order valence-electron chi connectivity index (χ0n) is 19.1. The van der Waals surface area contributed by atoms with E-state index in [1.54, 1.807) is 18.2 Å². The highest BCUT2D eigenvalue weighted by Crippen LogP contribution is 2.27. The van der Waals surface area contributed by atoms with E-state index in [0.717, 1.165) is 59.9 Å². The number of carbonyl (C=O) groups is 1. The Kier molecular flexibility index (Phi) is 8.47. The maximum atomic E-state index is 10.9. The second-order valence-corrected chi connectivity index (χ2v) is 8.87. The molecular formula is C28H28ClN3O.